The van der Waals surface area contributed by atoms with Gasteiger partial charge >= 0.3 is 113 Å². The first-order chi connectivity index (χ1) is 9.19. The molecule has 2 atom stereocenters. The average molecular weight is 260 g/mol. The molecule has 7 heteroatoms. The van der Waals surface area contributed by atoms with Crippen molar-refractivity contribution in [2.24, 2.45) is 0 Å². The van der Waals surface area contributed by atoms with Gasteiger partial charge in [-0.25, -0.2) is 0 Å². The van der Waals surface area contributed by atoms with Crippen LogP contribution in [-0.2, 0) is 15.9 Å². The summed E-state index contributed by atoms with van der Waals surface area (Å²) < 4.78 is 15.7. The molecule has 0 bridgehead atoms. The molecule has 19 heavy (non-hydrogen) atoms. The van der Waals surface area contributed by atoms with Crippen molar-refractivity contribution in [3.05, 3.63) is 29.8 Å². The van der Waals surface area contributed by atoms with Crippen LogP contribution in [0.15, 0.2) is 24.3 Å². The van der Waals surface area contributed by atoms with E-state index in [2.05, 4.69) is 10.5 Å². The zero-order chi connectivity index (χ0) is 13.7. The number of benzene rings is 1. The first-order valence-corrected chi connectivity index (χ1v) is 6.51. The molecule has 1 aliphatic heterocycles. The third-order valence-electron chi connectivity index (χ3n) is 3.03. The Labute approximate surface area is 114 Å². The maximum absolute atomic E-state index is 10.4. The number of anilines is 1. The van der Waals surface area contributed by atoms with Gasteiger partial charge in [0, 0.05) is 0 Å². The topological polar surface area (TPSA) is 73.9 Å². The maximum atomic E-state index is 10.4. The summed E-state index contributed by atoms with van der Waals surface area (Å²) in [6.45, 7) is 2.43. The minimum absolute atomic E-state index is 0.159. The number of epoxide rings is 1. The second-order valence-electron chi connectivity index (χ2n) is 4.78. The zero-order valence-electron chi connectivity index (χ0n) is 11.0. The summed E-state index contributed by atoms with van der Waals surface area (Å²) >= 11 is 0. The average Bonchev–Trinajstić information content (AvgIpc) is 3.18. The van der Waals surface area contributed by atoms with Gasteiger partial charge in [0.25, 0.3) is 0 Å². The standard InChI is InChI=1S/C12H18B2N2O3/c1-14(18)16-10-4-2-3-9(5-10)6-11(12-7-19-12)15-8-13-17/h2-5,11-12,15-16,18H,6-8H2,1H3/t11?,12-/m1/s1. The van der Waals surface area contributed by atoms with E-state index >= 15 is 0 Å². The molecule has 100 valence electrons. The van der Waals surface area contributed by atoms with Gasteiger partial charge in [-0.15, -0.1) is 0 Å². The van der Waals surface area contributed by atoms with Crippen LogP contribution in [0.5, 0.6) is 0 Å². The van der Waals surface area contributed by atoms with Gasteiger partial charge in [0.05, 0.1) is 0 Å². The Balaban J connectivity index is 1.97. The third kappa shape index (κ3) is 4.78. The molecule has 1 fully saturated rings. The molecule has 0 radical (unpaired) electrons. The van der Waals surface area contributed by atoms with Gasteiger partial charge in [0.1, 0.15) is 0 Å². The summed E-state index contributed by atoms with van der Waals surface area (Å²) in [6, 6.07) is 8.06. The Kier molecular flexibility index (Phi) is 5.13. The van der Waals surface area contributed by atoms with Gasteiger partial charge in [-0.05, 0) is 0 Å². The summed E-state index contributed by atoms with van der Waals surface area (Å²) in [4.78, 5) is 0. The van der Waals surface area contributed by atoms with E-state index < -0.39 is 7.05 Å². The first-order valence-electron chi connectivity index (χ1n) is 6.51. The minimum atomic E-state index is -0.578. The molecule has 1 saturated heterocycles. The molecule has 3 N–H and O–H groups in total. The molecule has 1 unspecified atom stereocenters. The zero-order valence-corrected chi connectivity index (χ0v) is 11.0. The number of hydrogen-bond acceptors (Lipinski definition) is 5. The van der Waals surface area contributed by atoms with E-state index in [-0.39, 0.29) is 12.1 Å². The summed E-state index contributed by atoms with van der Waals surface area (Å²) in [5.41, 5.74) is 2.03. The normalized spacial score (nSPS) is 18.5. The molecule has 2 rings (SSSR count). The van der Waals surface area contributed by atoms with Crippen molar-refractivity contribution in [2.45, 2.75) is 25.4 Å². The van der Waals surface area contributed by atoms with Crippen molar-refractivity contribution in [3.63, 3.8) is 0 Å². The fourth-order valence-corrected chi connectivity index (χ4v) is 2.11. The predicted molar refractivity (Wildman–Crippen MR) is 75.6 cm³/mol. The van der Waals surface area contributed by atoms with Crippen molar-refractivity contribution in [3.8, 4) is 0 Å². The van der Waals surface area contributed by atoms with Crippen LogP contribution in [0.3, 0.4) is 0 Å². The van der Waals surface area contributed by atoms with Crippen molar-refractivity contribution < 1.29 is 14.5 Å². The molecular formula is C12H18B2N2O3. The van der Waals surface area contributed by atoms with Crippen LogP contribution in [0, 0.1) is 0 Å². The Morgan fingerprint density at radius 2 is 2.42 bits per heavy atom. The van der Waals surface area contributed by atoms with Crippen LogP contribution in [0.1, 0.15) is 5.56 Å². The summed E-state index contributed by atoms with van der Waals surface area (Å²) in [5, 5.41) is 15.4. The molecule has 0 saturated carbocycles. The van der Waals surface area contributed by atoms with Crippen LogP contribution < -0.4 is 10.5 Å². The van der Waals surface area contributed by atoms with Gasteiger partial charge in [-0.3, -0.25) is 0 Å². The van der Waals surface area contributed by atoms with Gasteiger partial charge in [0.15, 0.2) is 0 Å². The Morgan fingerprint density at radius 1 is 1.63 bits per heavy atom. The third-order valence-corrected chi connectivity index (χ3v) is 3.03. The Hall–Kier alpha value is -1.17. The molecule has 0 amide bonds. The molecule has 1 aliphatic rings. The van der Waals surface area contributed by atoms with Crippen molar-refractivity contribution in [2.75, 3.05) is 18.3 Å². The SMILES string of the molecule is CB(O)Nc1cccc(CC(NCB=O)[C@H]2CO2)c1. The number of rotatable bonds is 8. The molecule has 0 spiro atoms. The first kappa shape index (κ1) is 14.2. The summed E-state index contributed by atoms with van der Waals surface area (Å²) in [7, 11) is 0.284. The van der Waals surface area contributed by atoms with Gasteiger partial charge in [0.2, 0.25) is 0 Å². The second-order valence-corrected chi connectivity index (χ2v) is 4.78. The van der Waals surface area contributed by atoms with Crippen LogP contribution in [-0.4, -0.2) is 44.4 Å². The number of nitrogens with one attached hydrogen (secondary N) is 2. The van der Waals surface area contributed by atoms with Gasteiger partial charge in [-0.1, -0.05) is 0 Å². The van der Waals surface area contributed by atoms with Crippen LogP contribution in [0.2, 0.25) is 6.82 Å². The fraction of sp³-hybridized carbons (Fsp3) is 0.500. The van der Waals surface area contributed by atoms with Crippen molar-refractivity contribution in [1.82, 2.24) is 5.32 Å². The van der Waals surface area contributed by atoms with Crippen molar-refractivity contribution >= 4 is 19.9 Å². The molecule has 1 aromatic carbocycles. The number of ether oxygens (including phenoxy) is 1. The number of hydrogen-bond donors (Lipinski definition) is 3. The fourth-order valence-electron chi connectivity index (χ4n) is 2.11. The molecule has 5 nitrogen and oxygen atoms in total. The molecular weight excluding hydrogens is 242 g/mol. The van der Waals surface area contributed by atoms with Crippen molar-refractivity contribution in [1.29, 1.82) is 0 Å². The quantitative estimate of drug-likeness (QED) is 0.457. The van der Waals surface area contributed by atoms with E-state index in [4.69, 9.17) is 4.74 Å². The van der Waals surface area contributed by atoms with Crippen LogP contribution >= 0.6 is 0 Å². The van der Waals surface area contributed by atoms with E-state index in [0.29, 0.717) is 6.44 Å². The van der Waals surface area contributed by atoms with E-state index in [1.807, 2.05) is 24.3 Å². The van der Waals surface area contributed by atoms with Gasteiger partial charge < -0.3 is 0 Å². The summed E-state index contributed by atoms with van der Waals surface area (Å²) in [5.74, 6) is 0. The molecule has 0 aromatic heterocycles. The molecule has 1 aromatic rings. The predicted octanol–water partition coefficient (Wildman–Crippen LogP) is 0.115. The van der Waals surface area contributed by atoms with E-state index in [1.54, 1.807) is 6.82 Å². The van der Waals surface area contributed by atoms with Crippen LogP contribution in [0.25, 0.3) is 0 Å². The Bertz CT molecular complexity index is 427. The second kappa shape index (κ2) is 6.84. The van der Waals surface area contributed by atoms with E-state index in [1.165, 1.54) is 0 Å². The Morgan fingerprint density at radius 3 is 3.05 bits per heavy atom. The molecule has 0 aliphatic carbocycles. The molecule has 1 heterocycles. The summed E-state index contributed by atoms with van der Waals surface area (Å²) in [6.07, 6.45) is 1.34. The van der Waals surface area contributed by atoms with E-state index in [0.717, 1.165) is 31.4 Å². The van der Waals surface area contributed by atoms with E-state index in [9.17, 15) is 9.73 Å². The van der Waals surface area contributed by atoms with Gasteiger partial charge in [-0.2, -0.15) is 0 Å². The monoisotopic (exact) mass is 260 g/mol. The van der Waals surface area contributed by atoms with Crippen LogP contribution in [0.4, 0.5) is 5.69 Å².